The summed E-state index contributed by atoms with van der Waals surface area (Å²) in [5.41, 5.74) is 0. The molecule has 0 bridgehead atoms. The molecular weight excluding hydrogens is 192 g/mol. The van der Waals surface area contributed by atoms with Gasteiger partial charge in [0.1, 0.15) is 6.67 Å². The van der Waals surface area contributed by atoms with Gasteiger partial charge in [-0.05, 0) is 13.3 Å². The Morgan fingerprint density at radius 3 is 2.86 bits per heavy atom. The number of carbonyl (C=O) groups excluding carboxylic acids is 1. The maximum absolute atomic E-state index is 12.4. The SMILES string of the molecule is CC(COC(F)CF)N1CCCC1=O. The van der Waals surface area contributed by atoms with E-state index in [0.717, 1.165) is 6.42 Å². The Balaban J connectivity index is 2.27. The molecule has 0 radical (unpaired) electrons. The topological polar surface area (TPSA) is 29.5 Å². The number of ether oxygens (including phenoxy) is 1. The van der Waals surface area contributed by atoms with Gasteiger partial charge in [0.2, 0.25) is 12.3 Å². The lowest BCUT2D eigenvalue weighted by atomic mass is 10.3. The van der Waals surface area contributed by atoms with Gasteiger partial charge in [-0.25, -0.2) is 8.78 Å². The van der Waals surface area contributed by atoms with Crippen molar-refractivity contribution in [1.82, 2.24) is 4.90 Å². The molecule has 1 aliphatic rings. The Hall–Kier alpha value is -0.710. The number of halogens is 2. The molecule has 2 atom stereocenters. The van der Waals surface area contributed by atoms with Crippen molar-refractivity contribution in [3.8, 4) is 0 Å². The number of nitrogens with zero attached hydrogens (tertiary/aromatic N) is 1. The molecule has 1 aliphatic heterocycles. The van der Waals surface area contributed by atoms with Crippen molar-refractivity contribution >= 4 is 5.91 Å². The maximum Gasteiger partial charge on any atom is 0.227 e. The van der Waals surface area contributed by atoms with E-state index in [1.165, 1.54) is 0 Å². The molecule has 1 fully saturated rings. The molecule has 0 aromatic carbocycles. The third kappa shape index (κ3) is 2.90. The van der Waals surface area contributed by atoms with Gasteiger partial charge in [0, 0.05) is 13.0 Å². The van der Waals surface area contributed by atoms with E-state index >= 15 is 0 Å². The number of amides is 1. The monoisotopic (exact) mass is 207 g/mol. The molecule has 0 aliphatic carbocycles. The molecule has 5 heteroatoms. The van der Waals surface area contributed by atoms with Gasteiger partial charge >= 0.3 is 0 Å². The number of rotatable bonds is 5. The molecule has 0 N–H and O–H groups in total. The second-order valence-electron chi connectivity index (χ2n) is 3.44. The van der Waals surface area contributed by atoms with Gasteiger partial charge in [-0.3, -0.25) is 4.79 Å². The van der Waals surface area contributed by atoms with Crippen molar-refractivity contribution < 1.29 is 18.3 Å². The quantitative estimate of drug-likeness (QED) is 0.679. The van der Waals surface area contributed by atoms with Crippen LogP contribution in [0.15, 0.2) is 0 Å². The van der Waals surface area contributed by atoms with E-state index < -0.39 is 13.0 Å². The fourth-order valence-corrected chi connectivity index (χ4v) is 1.51. The van der Waals surface area contributed by atoms with Crippen LogP contribution in [0, 0.1) is 0 Å². The van der Waals surface area contributed by atoms with Crippen molar-refractivity contribution in [3.63, 3.8) is 0 Å². The summed E-state index contributed by atoms with van der Waals surface area (Å²) in [6.45, 7) is 1.38. The number of hydrogen-bond acceptors (Lipinski definition) is 2. The Morgan fingerprint density at radius 2 is 2.36 bits per heavy atom. The largest absolute Gasteiger partial charge is 0.344 e. The molecular formula is C9H15F2NO2. The molecule has 2 unspecified atom stereocenters. The van der Waals surface area contributed by atoms with Crippen LogP contribution in [0.4, 0.5) is 8.78 Å². The van der Waals surface area contributed by atoms with Crippen molar-refractivity contribution in [2.45, 2.75) is 32.2 Å². The zero-order valence-electron chi connectivity index (χ0n) is 8.21. The number of carbonyl (C=O) groups is 1. The summed E-state index contributed by atoms with van der Waals surface area (Å²) in [5.74, 6) is 0.0664. The fraction of sp³-hybridized carbons (Fsp3) is 0.889. The highest BCUT2D eigenvalue weighted by atomic mass is 19.2. The van der Waals surface area contributed by atoms with Crippen molar-refractivity contribution in [2.75, 3.05) is 19.8 Å². The average molecular weight is 207 g/mol. The van der Waals surface area contributed by atoms with E-state index in [2.05, 4.69) is 4.74 Å². The lowest BCUT2D eigenvalue weighted by Gasteiger charge is -2.24. The second-order valence-corrected chi connectivity index (χ2v) is 3.44. The first-order valence-corrected chi connectivity index (χ1v) is 4.76. The number of alkyl halides is 2. The van der Waals surface area contributed by atoms with E-state index in [-0.39, 0.29) is 18.6 Å². The highest BCUT2D eigenvalue weighted by molar-refractivity contribution is 5.78. The van der Waals surface area contributed by atoms with Crippen molar-refractivity contribution in [1.29, 1.82) is 0 Å². The summed E-state index contributed by atoms with van der Waals surface area (Å²) < 4.78 is 28.7. The van der Waals surface area contributed by atoms with E-state index in [4.69, 9.17) is 0 Å². The minimum atomic E-state index is -1.87. The van der Waals surface area contributed by atoms with Gasteiger partial charge in [0.25, 0.3) is 0 Å². The Morgan fingerprint density at radius 1 is 1.64 bits per heavy atom. The normalized spacial score (nSPS) is 21.4. The number of likely N-dealkylation sites (tertiary alicyclic amines) is 1. The highest BCUT2D eigenvalue weighted by Gasteiger charge is 2.25. The first kappa shape index (κ1) is 11.4. The first-order chi connectivity index (χ1) is 6.65. The molecule has 82 valence electrons. The average Bonchev–Trinajstić information content (AvgIpc) is 2.60. The van der Waals surface area contributed by atoms with Crippen molar-refractivity contribution in [3.05, 3.63) is 0 Å². The van der Waals surface area contributed by atoms with Crippen LogP contribution in [-0.4, -0.2) is 43.0 Å². The standard InChI is InChI=1S/C9H15F2NO2/c1-7(6-14-8(11)5-10)12-4-2-3-9(12)13/h7-8H,2-6H2,1H3. The third-order valence-electron chi connectivity index (χ3n) is 2.28. The van der Waals surface area contributed by atoms with E-state index in [9.17, 15) is 13.6 Å². The van der Waals surface area contributed by atoms with Gasteiger partial charge in [0.15, 0.2) is 0 Å². The highest BCUT2D eigenvalue weighted by Crippen LogP contribution is 2.14. The zero-order valence-corrected chi connectivity index (χ0v) is 8.21. The molecule has 0 spiro atoms. The predicted molar refractivity (Wildman–Crippen MR) is 47.2 cm³/mol. The summed E-state index contributed by atoms with van der Waals surface area (Å²) >= 11 is 0. The number of hydrogen-bond donors (Lipinski definition) is 0. The Labute approximate surface area is 82.0 Å². The van der Waals surface area contributed by atoms with Gasteiger partial charge in [-0.1, -0.05) is 0 Å². The van der Waals surface area contributed by atoms with Crippen LogP contribution in [0.3, 0.4) is 0 Å². The van der Waals surface area contributed by atoms with E-state index in [0.29, 0.717) is 13.0 Å². The molecule has 0 aromatic heterocycles. The minimum absolute atomic E-state index is 0.0524. The third-order valence-corrected chi connectivity index (χ3v) is 2.28. The van der Waals surface area contributed by atoms with Crippen LogP contribution in [0.25, 0.3) is 0 Å². The minimum Gasteiger partial charge on any atom is -0.344 e. The lowest BCUT2D eigenvalue weighted by Crippen LogP contribution is -2.38. The van der Waals surface area contributed by atoms with Gasteiger partial charge < -0.3 is 9.64 Å². The fourth-order valence-electron chi connectivity index (χ4n) is 1.51. The summed E-state index contributed by atoms with van der Waals surface area (Å²) in [6, 6.07) is -0.171. The summed E-state index contributed by atoms with van der Waals surface area (Å²) in [4.78, 5) is 12.9. The van der Waals surface area contributed by atoms with Crippen LogP contribution in [-0.2, 0) is 9.53 Å². The molecule has 3 nitrogen and oxygen atoms in total. The predicted octanol–water partition coefficient (Wildman–Crippen LogP) is 1.28. The van der Waals surface area contributed by atoms with E-state index in [1.807, 2.05) is 0 Å². The molecule has 1 amide bonds. The van der Waals surface area contributed by atoms with Gasteiger partial charge in [-0.15, -0.1) is 0 Å². The molecule has 0 saturated carbocycles. The summed E-state index contributed by atoms with van der Waals surface area (Å²) in [6.07, 6.45) is -0.479. The molecule has 1 heterocycles. The Bertz CT molecular complexity index is 201. The van der Waals surface area contributed by atoms with E-state index in [1.54, 1.807) is 11.8 Å². The zero-order chi connectivity index (χ0) is 10.6. The lowest BCUT2D eigenvalue weighted by molar-refractivity contribution is -0.132. The molecule has 0 aromatic rings. The van der Waals surface area contributed by atoms with Crippen LogP contribution in [0.1, 0.15) is 19.8 Å². The first-order valence-electron chi connectivity index (χ1n) is 4.76. The molecule has 1 rings (SSSR count). The van der Waals surface area contributed by atoms with Crippen LogP contribution in [0.2, 0.25) is 0 Å². The van der Waals surface area contributed by atoms with Gasteiger partial charge in [-0.2, -0.15) is 0 Å². The maximum atomic E-state index is 12.4. The second kappa shape index (κ2) is 5.24. The van der Waals surface area contributed by atoms with Crippen molar-refractivity contribution in [2.24, 2.45) is 0 Å². The molecule has 14 heavy (non-hydrogen) atoms. The smallest absolute Gasteiger partial charge is 0.227 e. The summed E-state index contributed by atoms with van der Waals surface area (Å²) in [7, 11) is 0. The summed E-state index contributed by atoms with van der Waals surface area (Å²) in [5, 5.41) is 0. The van der Waals surface area contributed by atoms with Crippen LogP contribution < -0.4 is 0 Å². The van der Waals surface area contributed by atoms with Crippen LogP contribution >= 0.6 is 0 Å². The van der Waals surface area contributed by atoms with Gasteiger partial charge in [0.05, 0.1) is 12.6 Å². The van der Waals surface area contributed by atoms with Crippen LogP contribution in [0.5, 0.6) is 0 Å². The molecule has 1 saturated heterocycles. The Kier molecular flexibility index (Phi) is 4.25.